The van der Waals surface area contributed by atoms with E-state index in [1.54, 1.807) is 4.88 Å². The van der Waals surface area contributed by atoms with E-state index in [0.29, 0.717) is 11.5 Å². The van der Waals surface area contributed by atoms with Crippen molar-refractivity contribution in [2.24, 2.45) is 11.3 Å². The summed E-state index contributed by atoms with van der Waals surface area (Å²) in [6, 6.07) is 0.531. The van der Waals surface area contributed by atoms with Crippen LogP contribution >= 0.6 is 11.3 Å². The van der Waals surface area contributed by atoms with Crippen molar-refractivity contribution < 1.29 is 0 Å². The monoisotopic (exact) mass is 292 g/mol. The Morgan fingerprint density at radius 1 is 1.35 bits per heavy atom. The van der Waals surface area contributed by atoms with Crippen LogP contribution in [0.1, 0.15) is 80.9 Å². The van der Waals surface area contributed by atoms with Gasteiger partial charge in [-0.3, -0.25) is 0 Å². The van der Waals surface area contributed by atoms with Crippen LogP contribution in [0.25, 0.3) is 0 Å². The highest BCUT2D eigenvalue weighted by atomic mass is 32.1. The number of nitrogens with one attached hydrogen (secondary N) is 1. The summed E-state index contributed by atoms with van der Waals surface area (Å²) in [5.41, 5.74) is 1.78. The van der Waals surface area contributed by atoms with Crippen LogP contribution in [-0.4, -0.2) is 11.5 Å². The molecule has 0 saturated heterocycles. The third kappa shape index (κ3) is 2.80. The molecule has 3 unspecified atom stereocenters. The van der Waals surface area contributed by atoms with Crippen molar-refractivity contribution in [3.8, 4) is 0 Å². The zero-order valence-corrected chi connectivity index (χ0v) is 14.1. The van der Waals surface area contributed by atoms with Crippen molar-refractivity contribution in [2.45, 2.75) is 71.8 Å². The Labute approximate surface area is 127 Å². The number of hydrogen-bond acceptors (Lipinski definition) is 3. The van der Waals surface area contributed by atoms with Crippen LogP contribution in [0.5, 0.6) is 0 Å². The lowest BCUT2D eigenvalue weighted by molar-refractivity contribution is 0.260. The van der Waals surface area contributed by atoms with Gasteiger partial charge in [0.1, 0.15) is 0 Å². The lowest BCUT2D eigenvalue weighted by Gasteiger charge is -2.34. The first-order valence-corrected chi connectivity index (χ1v) is 9.03. The van der Waals surface area contributed by atoms with E-state index in [1.807, 2.05) is 11.3 Å². The van der Waals surface area contributed by atoms with Gasteiger partial charge in [0.2, 0.25) is 0 Å². The predicted molar refractivity (Wildman–Crippen MR) is 86.4 cm³/mol. The second kappa shape index (κ2) is 5.42. The number of rotatable bonds is 3. The van der Waals surface area contributed by atoms with Gasteiger partial charge >= 0.3 is 0 Å². The smallest absolute Gasteiger partial charge is 0.0962 e. The van der Waals surface area contributed by atoms with Crippen LogP contribution in [-0.2, 0) is 6.42 Å². The van der Waals surface area contributed by atoms with Gasteiger partial charge in [0.05, 0.1) is 10.7 Å². The van der Waals surface area contributed by atoms with E-state index in [0.717, 1.165) is 24.8 Å². The van der Waals surface area contributed by atoms with Gasteiger partial charge in [-0.2, -0.15) is 0 Å². The van der Waals surface area contributed by atoms with Crippen LogP contribution < -0.4 is 5.32 Å². The Kier molecular flexibility index (Phi) is 3.93. The molecule has 1 heterocycles. The van der Waals surface area contributed by atoms with Crippen LogP contribution in [0, 0.1) is 11.3 Å². The maximum absolute atomic E-state index is 5.07. The Balaban J connectivity index is 1.88. The molecule has 1 aromatic rings. The number of thiazole rings is 1. The SMILES string of the molecule is CCNC1CC(C)(C)Cc2nc(C3CCC(C)C3)sc21. The lowest BCUT2D eigenvalue weighted by Crippen LogP contribution is -2.32. The number of fused-ring (bicyclic) bond motifs is 1. The minimum Gasteiger partial charge on any atom is -0.309 e. The molecule has 0 amide bonds. The molecule has 0 aliphatic heterocycles. The molecule has 112 valence electrons. The van der Waals surface area contributed by atoms with Crippen LogP contribution in [0.3, 0.4) is 0 Å². The zero-order chi connectivity index (χ0) is 14.3. The van der Waals surface area contributed by atoms with Crippen LogP contribution in [0.2, 0.25) is 0 Å². The largest absolute Gasteiger partial charge is 0.309 e. The summed E-state index contributed by atoms with van der Waals surface area (Å²) in [5.74, 6) is 1.63. The summed E-state index contributed by atoms with van der Waals surface area (Å²) in [6.45, 7) is 10.4. The molecule has 3 rings (SSSR count). The van der Waals surface area contributed by atoms with E-state index < -0.39 is 0 Å². The molecule has 3 heteroatoms. The molecule has 2 nitrogen and oxygen atoms in total. The normalized spacial score (nSPS) is 32.3. The lowest BCUT2D eigenvalue weighted by atomic mass is 9.76. The molecule has 2 aliphatic rings. The van der Waals surface area contributed by atoms with Crippen LogP contribution in [0.4, 0.5) is 0 Å². The van der Waals surface area contributed by atoms with Gasteiger partial charge in [-0.15, -0.1) is 11.3 Å². The first-order valence-electron chi connectivity index (χ1n) is 8.21. The fourth-order valence-corrected chi connectivity index (χ4v) is 5.28. The molecule has 1 fully saturated rings. The number of aromatic nitrogens is 1. The fraction of sp³-hybridized carbons (Fsp3) is 0.824. The summed E-state index contributed by atoms with van der Waals surface area (Å²) in [5, 5.41) is 5.11. The van der Waals surface area contributed by atoms with Gasteiger partial charge in [-0.05, 0) is 43.6 Å². The Hall–Kier alpha value is -0.410. The molecule has 0 bridgehead atoms. The Morgan fingerprint density at radius 3 is 2.80 bits per heavy atom. The number of nitrogens with zero attached hydrogens (tertiary/aromatic N) is 1. The molecule has 0 aromatic carbocycles. The van der Waals surface area contributed by atoms with E-state index in [-0.39, 0.29) is 0 Å². The average Bonchev–Trinajstić information content (AvgIpc) is 2.94. The van der Waals surface area contributed by atoms with E-state index in [1.165, 1.54) is 36.4 Å². The van der Waals surface area contributed by atoms with Gasteiger partial charge in [0.25, 0.3) is 0 Å². The second-order valence-corrected chi connectivity index (χ2v) is 8.70. The summed E-state index contributed by atoms with van der Waals surface area (Å²) in [4.78, 5) is 6.62. The average molecular weight is 292 g/mol. The molecule has 1 N–H and O–H groups in total. The quantitative estimate of drug-likeness (QED) is 0.875. The zero-order valence-electron chi connectivity index (χ0n) is 13.3. The van der Waals surface area contributed by atoms with Crippen molar-refractivity contribution in [1.29, 1.82) is 0 Å². The van der Waals surface area contributed by atoms with Gasteiger partial charge in [0.15, 0.2) is 0 Å². The van der Waals surface area contributed by atoms with Crippen molar-refractivity contribution in [1.82, 2.24) is 10.3 Å². The third-order valence-electron chi connectivity index (χ3n) is 4.96. The highest BCUT2D eigenvalue weighted by Gasteiger charge is 2.36. The van der Waals surface area contributed by atoms with E-state index in [9.17, 15) is 0 Å². The summed E-state index contributed by atoms with van der Waals surface area (Å²) >= 11 is 2.01. The second-order valence-electron chi connectivity index (χ2n) is 7.63. The van der Waals surface area contributed by atoms with E-state index >= 15 is 0 Å². The van der Waals surface area contributed by atoms with Gasteiger partial charge in [-0.1, -0.05) is 34.1 Å². The maximum atomic E-state index is 5.07. The predicted octanol–water partition coefficient (Wildman–Crippen LogP) is 4.67. The van der Waals surface area contributed by atoms with Crippen molar-refractivity contribution in [2.75, 3.05) is 6.54 Å². The Bertz CT molecular complexity index is 477. The fourth-order valence-electron chi connectivity index (χ4n) is 3.97. The molecule has 1 saturated carbocycles. The molecule has 0 spiro atoms. The summed E-state index contributed by atoms with van der Waals surface area (Å²) in [7, 11) is 0. The Morgan fingerprint density at radius 2 is 2.15 bits per heavy atom. The molecule has 1 aromatic heterocycles. The highest BCUT2D eigenvalue weighted by Crippen LogP contribution is 2.46. The highest BCUT2D eigenvalue weighted by molar-refractivity contribution is 7.12. The van der Waals surface area contributed by atoms with E-state index in [4.69, 9.17) is 4.98 Å². The van der Waals surface area contributed by atoms with E-state index in [2.05, 4.69) is 33.0 Å². The molecule has 2 aliphatic carbocycles. The van der Waals surface area contributed by atoms with Gasteiger partial charge in [-0.25, -0.2) is 4.98 Å². The summed E-state index contributed by atoms with van der Waals surface area (Å²) < 4.78 is 0. The molecule has 3 atom stereocenters. The molecular weight excluding hydrogens is 264 g/mol. The van der Waals surface area contributed by atoms with Gasteiger partial charge < -0.3 is 5.32 Å². The molecule has 20 heavy (non-hydrogen) atoms. The van der Waals surface area contributed by atoms with Crippen molar-refractivity contribution >= 4 is 11.3 Å². The maximum Gasteiger partial charge on any atom is 0.0962 e. The number of hydrogen-bond donors (Lipinski definition) is 1. The molecular formula is C17H28N2S. The van der Waals surface area contributed by atoms with Crippen molar-refractivity contribution in [3.63, 3.8) is 0 Å². The van der Waals surface area contributed by atoms with Crippen molar-refractivity contribution in [3.05, 3.63) is 15.6 Å². The molecule has 0 radical (unpaired) electrons. The minimum atomic E-state index is 0.383. The minimum absolute atomic E-state index is 0.383. The summed E-state index contributed by atoms with van der Waals surface area (Å²) in [6.07, 6.45) is 6.49. The standard InChI is InChI=1S/C17H28N2S/c1-5-18-13-9-17(3,4)10-14-15(13)20-16(19-14)12-7-6-11(2)8-12/h11-13,18H,5-10H2,1-4H3. The topological polar surface area (TPSA) is 24.9 Å². The third-order valence-corrected chi connectivity index (χ3v) is 6.33. The first kappa shape index (κ1) is 14.5. The van der Waals surface area contributed by atoms with Crippen LogP contribution in [0.15, 0.2) is 0 Å². The first-order chi connectivity index (χ1) is 9.48. The van der Waals surface area contributed by atoms with Gasteiger partial charge in [0, 0.05) is 16.8 Å².